The van der Waals surface area contributed by atoms with Gasteiger partial charge in [0, 0.05) is 23.3 Å². The van der Waals surface area contributed by atoms with Crippen molar-refractivity contribution >= 4 is 27.5 Å². The number of hydrogen-bond acceptors (Lipinski definition) is 2. The summed E-state index contributed by atoms with van der Waals surface area (Å²) in [6.07, 6.45) is 3.47. The SMILES string of the molecule is OC(Cc1cccnc1)c1ccc(Cl)c(Br)c1. The summed E-state index contributed by atoms with van der Waals surface area (Å²) in [6, 6.07) is 9.24. The van der Waals surface area contributed by atoms with E-state index in [1.165, 1.54) is 0 Å². The average molecular weight is 313 g/mol. The molecule has 0 aliphatic carbocycles. The van der Waals surface area contributed by atoms with Crippen LogP contribution < -0.4 is 0 Å². The molecular formula is C13H11BrClNO. The lowest BCUT2D eigenvalue weighted by molar-refractivity contribution is 0.178. The van der Waals surface area contributed by atoms with Crippen LogP contribution in [0.4, 0.5) is 0 Å². The topological polar surface area (TPSA) is 33.1 Å². The van der Waals surface area contributed by atoms with E-state index in [2.05, 4.69) is 20.9 Å². The molecule has 0 spiro atoms. The Balaban J connectivity index is 2.14. The van der Waals surface area contributed by atoms with Crippen LogP contribution in [0.5, 0.6) is 0 Å². The fraction of sp³-hybridized carbons (Fsp3) is 0.154. The lowest BCUT2D eigenvalue weighted by atomic mass is 10.0. The molecule has 2 rings (SSSR count). The van der Waals surface area contributed by atoms with Gasteiger partial charge in [0.15, 0.2) is 0 Å². The molecule has 0 fully saturated rings. The molecule has 1 heterocycles. The maximum absolute atomic E-state index is 10.1. The van der Waals surface area contributed by atoms with E-state index in [9.17, 15) is 5.11 Å². The number of hydrogen-bond donors (Lipinski definition) is 1. The van der Waals surface area contributed by atoms with Crippen molar-refractivity contribution in [3.05, 3.63) is 63.3 Å². The van der Waals surface area contributed by atoms with E-state index in [-0.39, 0.29) is 0 Å². The van der Waals surface area contributed by atoms with Crippen molar-refractivity contribution in [2.75, 3.05) is 0 Å². The molecule has 0 aliphatic heterocycles. The summed E-state index contributed by atoms with van der Waals surface area (Å²) in [7, 11) is 0. The molecule has 1 atom stereocenters. The Kier molecular flexibility index (Phi) is 4.15. The zero-order chi connectivity index (χ0) is 12.3. The van der Waals surface area contributed by atoms with Gasteiger partial charge in [0.2, 0.25) is 0 Å². The molecule has 2 nitrogen and oxygen atoms in total. The minimum Gasteiger partial charge on any atom is -0.388 e. The van der Waals surface area contributed by atoms with Crippen LogP contribution in [0.25, 0.3) is 0 Å². The molecule has 4 heteroatoms. The summed E-state index contributed by atoms with van der Waals surface area (Å²) < 4.78 is 0.793. The lowest BCUT2D eigenvalue weighted by Crippen LogP contribution is -2.02. The number of aliphatic hydroxyl groups excluding tert-OH is 1. The van der Waals surface area contributed by atoms with Gasteiger partial charge in [-0.05, 0) is 45.3 Å². The number of aliphatic hydroxyl groups is 1. The van der Waals surface area contributed by atoms with Crippen LogP contribution in [0.2, 0.25) is 5.02 Å². The largest absolute Gasteiger partial charge is 0.388 e. The smallest absolute Gasteiger partial charge is 0.0831 e. The van der Waals surface area contributed by atoms with Gasteiger partial charge in [-0.25, -0.2) is 0 Å². The van der Waals surface area contributed by atoms with E-state index in [0.29, 0.717) is 11.4 Å². The maximum atomic E-state index is 10.1. The number of pyridine rings is 1. The molecule has 1 aromatic carbocycles. The van der Waals surface area contributed by atoms with E-state index in [4.69, 9.17) is 11.6 Å². The molecule has 1 aromatic heterocycles. The Hall–Kier alpha value is -0.900. The summed E-state index contributed by atoms with van der Waals surface area (Å²) in [5.74, 6) is 0. The monoisotopic (exact) mass is 311 g/mol. The van der Waals surface area contributed by atoms with Crippen LogP contribution in [0.1, 0.15) is 17.2 Å². The first-order valence-corrected chi connectivity index (χ1v) is 6.36. The predicted molar refractivity (Wildman–Crippen MR) is 72.1 cm³/mol. The van der Waals surface area contributed by atoms with Gasteiger partial charge in [-0.2, -0.15) is 0 Å². The highest BCUT2D eigenvalue weighted by Crippen LogP contribution is 2.27. The van der Waals surface area contributed by atoms with Crippen LogP contribution in [-0.4, -0.2) is 10.1 Å². The number of aromatic nitrogens is 1. The van der Waals surface area contributed by atoms with E-state index < -0.39 is 6.10 Å². The molecule has 0 saturated heterocycles. The number of rotatable bonds is 3. The first-order chi connectivity index (χ1) is 8.16. The van der Waals surface area contributed by atoms with Gasteiger partial charge in [0.25, 0.3) is 0 Å². The second-order valence-electron chi connectivity index (χ2n) is 3.75. The molecule has 0 radical (unpaired) electrons. The Morgan fingerprint density at radius 1 is 1.35 bits per heavy atom. The van der Waals surface area contributed by atoms with E-state index in [1.807, 2.05) is 24.3 Å². The highest BCUT2D eigenvalue weighted by atomic mass is 79.9. The highest BCUT2D eigenvalue weighted by Gasteiger charge is 2.10. The summed E-state index contributed by atoms with van der Waals surface area (Å²) in [6.45, 7) is 0. The van der Waals surface area contributed by atoms with Crippen molar-refractivity contribution < 1.29 is 5.11 Å². The first kappa shape index (κ1) is 12.6. The molecule has 88 valence electrons. The van der Waals surface area contributed by atoms with E-state index in [0.717, 1.165) is 15.6 Å². The van der Waals surface area contributed by atoms with Crippen LogP contribution in [0.3, 0.4) is 0 Å². The minimum atomic E-state index is -0.548. The van der Waals surface area contributed by atoms with Crippen LogP contribution in [0, 0.1) is 0 Å². The standard InChI is InChI=1S/C13H11BrClNO/c14-11-7-10(3-4-12(11)15)13(17)6-9-2-1-5-16-8-9/h1-5,7-8,13,17H,6H2. The summed E-state index contributed by atoms with van der Waals surface area (Å²) >= 11 is 9.25. The van der Waals surface area contributed by atoms with Crippen molar-refractivity contribution in [1.29, 1.82) is 0 Å². The van der Waals surface area contributed by atoms with Crippen molar-refractivity contribution in [2.45, 2.75) is 12.5 Å². The van der Waals surface area contributed by atoms with Gasteiger partial charge < -0.3 is 5.11 Å². The van der Waals surface area contributed by atoms with Crippen molar-refractivity contribution in [3.63, 3.8) is 0 Å². The van der Waals surface area contributed by atoms with Crippen molar-refractivity contribution in [2.24, 2.45) is 0 Å². The molecule has 0 amide bonds. The third-order valence-electron chi connectivity index (χ3n) is 2.48. The molecule has 1 unspecified atom stereocenters. The Labute approximate surface area is 113 Å². The fourth-order valence-corrected chi connectivity index (χ4v) is 2.09. The van der Waals surface area contributed by atoms with Gasteiger partial charge in [0.05, 0.1) is 11.1 Å². The van der Waals surface area contributed by atoms with Gasteiger partial charge in [0.1, 0.15) is 0 Å². The Bertz CT molecular complexity index is 504. The van der Waals surface area contributed by atoms with E-state index >= 15 is 0 Å². The second-order valence-corrected chi connectivity index (χ2v) is 5.02. The second kappa shape index (κ2) is 5.63. The fourth-order valence-electron chi connectivity index (χ4n) is 1.58. The quantitative estimate of drug-likeness (QED) is 0.936. The molecule has 2 aromatic rings. The Morgan fingerprint density at radius 2 is 2.18 bits per heavy atom. The van der Waals surface area contributed by atoms with Crippen LogP contribution >= 0.6 is 27.5 Å². The zero-order valence-corrected chi connectivity index (χ0v) is 11.3. The molecule has 1 N–H and O–H groups in total. The maximum Gasteiger partial charge on any atom is 0.0831 e. The number of nitrogens with zero attached hydrogens (tertiary/aromatic N) is 1. The third-order valence-corrected chi connectivity index (χ3v) is 3.69. The van der Waals surface area contributed by atoms with Crippen molar-refractivity contribution in [3.8, 4) is 0 Å². The third kappa shape index (κ3) is 3.28. The normalized spacial score (nSPS) is 12.4. The highest BCUT2D eigenvalue weighted by molar-refractivity contribution is 9.10. The average Bonchev–Trinajstić information content (AvgIpc) is 2.34. The summed E-state index contributed by atoms with van der Waals surface area (Å²) in [5.41, 5.74) is 1.84. The lowest BCUT2D eigenvalue weighted by Gasteiger charge is -2.11. The number of benzene rings is 1. The van der Waals surface area contributed by atoms with Gasteiger partial charge in [-0.15, -0.1) is 0 Å². The molecule has 0 saturated carbocycles. The summed E-state index contributed by atoms with van der Waals surface area (Å²) in [4.78, 5) is 4.02. The van der Waals surface area contributed by atoms with E-state index in [1.54, 1.807) is 18.5 Å². The van der Waals surface area contributed by atoms with Gasteiger partial charge in [-0.1, -0.05) is 23.7 Å². The molecular weight excluding hydrogens is 302 g/mol. The Morgan fingerprint density at radius 3 is 2.82 bits per heavy atom. The zero-order valence-electron chi connectivity index (χ0n) is 8.98. The molecule has 0 aliphatic rings. The van der Waals surface area contributed by atoms with Gasteiger partial charge in [-0.3, -0.25) is 4.98 Å². The van der Waals surface area contributed by atoms with Crippen LogP contribution in [-0.2, 0) is 6.42 Å². The predicted octanol–water partition coefficient (Wildman–Crippen LogP) is 3.77. The van der Waals surface area contributed by atoms with Crippen molar-refractivity contribution in [1.82, 2.24) is 4.98 Å². The molecule has 17 heavy (non-hydrogen) atoms. The summed E-state index contributed by atoms with van der Waals surface area (Å²) in [5, 5.41) is 10.7. The first-order valence-electron chi connectivity index (χ1n) is 5.19. The van der Waals surface area contributed by atoms with Crippen LogP contribution in [0.15, 0.2) is 47.2 Å². The minimum absolute atomic E-state index is 0.544. The molecule has 0 bridgehead atoms. The number of halogens is 2. The van der Waals surface area contributed by atoms with Gasteiger partial charge >= 0.3 is 0 Å².